The van der Waals surface area contributed by atoms with Crippen LogP contribution in [0.5, 0.6) is 0 Å². The molecular weight excluding hydrogens is 218 g/mol. The van der Waals surface area contributed by atoms with Gasteiger partial charge in [0.2, 0.25) is 0 Å². The summed E-state index contributed by atoms with van der Waals surface area (Å²) in [6.45, 7) is 8.40. The first-order valence-electron chi connectivity index (χ1n) is 7.31. The Hall–Kier alpha value is -0.820. The Morgan fingerprint density at radius 3 is 2.56 bits per heavy atom. The molecule has 1 heteroatoms. The number of nitrogens with one attached hydrogen (secondary N) is 1. The number of benzene rings is 1. The molecule has 1 saturated carbocycles. The molecule has 0 amide bonds. The molecule has 1 nitrogen and oxygen atoms in total. The maximum Gasteiger partial charge on any atom is 0.0377 e. The summed E-state index contributed by atoms with van der Waals surface area (Å²) in [5.74, 6) is 0. The molecule has 0 saturated heterocycles. The lowest BCUT2D eigenvalue weighted by molar-refractivity contribution is 0.135. The van der Waals surface area contributed by atoms with Crippen LogP contribution in [-0.4, -0.2) is 6.54 Å². The van der Waals surface area contributed by atoms with Crippen LogP contribution >= 0.6 is 0 Å². The molecule has 1 N–H and O–H groups in total. The second-order valence-corrected chi connectivity index (χ2v) is 7.34. The first-order chi connectivity index (χ1) is 8.50. The lowest BCUT2D eigenvalue weighted by Crippen LogP contribution is -2.41. The van der Waals surface area contributed by atoms with E-state index in [0.29, 0.717) is 16.9 Å². The number of hydrogen-bond donors (Lipinski definition) is 1. The average molecular weight is 243 g/mol. The zero-order valence-corrected chi connectivity index (χ0v) is 11.9. The standard InChI is InChI=1S/C17H25N/c1-16(2)11-13-7-4-5-8-14(13)15(16)18-12-17(3)9-6-10-17/h4-5,7-8,15,18H,6,9-12H2,1-3H3. The Balaban J connectivity index is 1.77. The smallest absolute Gasteiger partial charge is 0.0377 e. The average Bonchev–Trinajstić information content (AvgIpc) is 2.54. The first-order valence-corrected chi connectivity index (χ1v) is 7.31. The van der Waals surface area contributed by atoms with E-state index < -0.39 is 0 Å². The van der Waals surface area contributed by atoms with Gasteiger partial charge in [0.05, 0.1) is 0 Å². The maximum atomic E-state index is 3.87. The molecule has 0 radical (unpaired) electrons. The molecule has 1 aromatic rings. The van der Waals surface area contributed by atoms with E-state index >= 15 is 0 Å². The van der Waals surface area contributed by atoms with Gasteiger partial charge in [-0.25, -0.2) is 0 Å². The van der Waals surface area contributed by atoms with Crippen LogP contribution in [0.1, 0.15) is 57.2 Å². The maximum absolute atomic E-state index is 3.87. The van der Waals surface area contributed by atoms with Crippen molar-refractivity contribution in [1.82, 2.24) is 5.32 Å². The highest BCUT2D eigenvalue weighted by atomic mass is 15.0. The van der Waals surface area contributed by atoms with E-state index in [1.165, 1.54) is 37.8 Å². The van der Waals surface area contributed by atoms with E-state index in [9.17, 15) is 0 Å². The predicted octanol–water partition coefficient (Wildman–Crippen LogP) is 4.09. The van der Waals surface area contributed by atoms with Crippen LogP contribution in [0.3, 0.4) is 0 Å². The van der Waals surface area contributed by atoms with Crippen molar-refractivity contribution >= 4 is 0 Å². The van der Waals surface area contributed by atoms with Gasteiger partial charge in [-0.2, -0.15) is 0 Å². The molecule has 2 aliphatic rings. The van der Waals surface area contributed by atoms with Gasteiger partial charge in [-0.15, -0.1) is 0 Å². The zero-order chi connectivity index (χ0) is 12.8. The van der Waals surface area contributed by atoms with Gasteiger partial charge in [0, 0.05) is 12.6 Å². The molecule has 0 heterocycles. The van der Waals surface area contributed by atoms with Crippen molar-refractivity contribution in [1.29, 1.82) is 0 Å². The second kappa shape index (κ2) is 4.09. The van der Waals surface area contributed by atoms with Crippen LogP contribution < -0.4 is 5.32 Å². The summed E-state index contributed by atoms with van der Waals surface area (Å²) in [7, 11) is 0. The summed E-state index contributed by atoms with van der Waals surface area (Å²) in [6.07, 6.45) is 5.42. The van der Waals surface area contributed by atoms with Gasteiger partial charge in [0.25, 0.3) is 0 Å². The van der Waals surface area contributed by atoms with E-state index in [1.807, 2.05) is 0 Å². The third kappa shape index (κ3) is 1.99. The van der Waals surface area contributed by atoms with Gasteiger partial charge in [-0.1, -0.05) is 51.5 Å². The van der Waals surface area contributed by atoms with E-state index in [2.05, 4.69) is 50.4 Å². The molecule has 0 spiro atoms. The van der Waals surface area contributed by atoms with Gasteiger partial charge in [-0.3, -0.25) is 0 Å². The van der Waals surface area contributed by atoms with Crippen molar-refractivity contribution in [3.63, 3.8) is 0 Å². The molecule has 18 heavy (non-hydrogen) atoms. The van der Waals surface area contributed by atoms with E-state index in [1.54, 1.807) is 5.56 Å². The minimum absolute atomic E-state index is 0.351. The molecule has 98 valence electrons. The quantitative estimate of drug-likeness (QED) is 0.843. The highest BCUT2D eigenvalue weighted by molar-refractivity contribution is 5.37. The summed E-state index contributed by atoms with van der Waals surface area (Å²) in [4.78, 5) is 0. The molecule has 1 aromatic carbocycles. The summed E-state index contributed by atoms with van der Waals surface area (Å²) >= 11 is 0. The topological polar surface area (TPSA) is 12.0 Å². The molecular formula is C17H25N. The third-order valence-corrected chi connectivity index (χ3v) is 5.09. The normalized spacial score (nSPS) is 27.6. The van der Waals surface area contributed by atoms with Gasteiger partial charge < -0.3 is 5.32 Å². The lowest BCUT2D eigenvalue weighted by atomic mass is 9.70. The van der Waals surface area contributed by atoms with Gasteiger partial charge in [0.15, 0.2) is 0 Å². The van der Waals surface area contributed by atoms with E-state index in [4.69, 9.17) is 0 Å². The lowest BCUT2D eigenvalue weighted by Gasteiger charge is -2.41. The van der Waals surface area contributed by atoms with Crippen molar-refractivity contribution in [3.05, 3.63) is 35.4 Å². The van der Waals surface area contributed by atoms with Crippen molar-refractivity contribution in [2.75, 3.05) is 6.54 Å². The van der Waals surface area contributed by atoms with Crippen LogP contribution in [0.4, 0.5) is 0 Å². The molecule has 0 aromatic heterocycles. The Morgan fingerprint density at radius 2 is 1.89 bits per heavy atom. The first kappa shape index (κ1) is 12.2. The number of fused-ring (bicyclic) bond motifs is 1. The zero-order valence-electron chi connectivity index (χ0n) is 11.9. The predicted molar refractivity (Wildman–Crippen MR) is 76.6 cm³/mol. The Labute approximate surface area is 111 Å². The molecule has 1 atom stereocenters. The third-order valence-electron chi connectivity index (χ3n) is 5.09. The minimum Gasteiger partial charge on any atom is -0.309 e. The summed E-state index contributed by atoms with van der Waals surface area (Å²) < 4.78 is 0. The van der Waals surface area contributed by atoms with Crippen molar-refractivity contribution in [2.45, 2.75) is 52.5 Å². The highest BCUT2D eigenvalue weighted by Crippen LogP contribution is 2.46. The van der Waals surface area contributed by atoms with Crippen LogP contribution in [0.2, 0.25) is 0 Å². The Bertz CT molecular complexity index is 443. The number of hydrogen-bond acceptors (Lipinski definition) is 1. The molecule has 2 aliphatic carbocycles. The fourth-order valence-electron chi connectivity index (χ4n) is 3.68. The fourth-order valence-corrected chi connectivity index (χ4v) is 3.68. The highest BCUT2D eigenvalue weighted by Gasteiger charge is 2.40. The SMILES string of the molecule is CC1(CNC2c3ccccc3CC2(C)C)CCC1. The van der Waals surface area contributed by atoms with Gasteiger partial charge in [0.1, 0.15) is 0 Å². The van der Waals surface area contributed by atoms with Gasteiger partial charge in [-0.05, 0) is 41.2 Å². The van der Waals surface area contributed by atoms with Crippen LogP contribution in [0.15, 0.2) is 24.3 Å². The largest absolute Gasteiger partial charge is 0.309 e. The Morgan fingerprint density at radius 1 is 1.17 bits per heavy atom. The molecule has 1 fully saturated rings. The monoisotopic (exact) mass is 243 g/mol. The van der Waals surface area contributed by atoms with Crippen molar-refractivity contribution in [2.24, 2.45) is 10.8 Å². The molecule has 1 unspecified atom stereocenters. The van der Waals surface area contributed by atoms with Crippen LogP contribution in [0.25, 0.3) is 0 Å². The van der Waals surface area contributed by atoms with E-state index in [0.717, 1.165) is 0 Å². The summed E-state index contributed by atoms with van der Waals surface area (Å²) in [5, 5.41) is 3.87. The molecule has 3 rings (SSSR count). The molecule has 0 aliphatic heterocycles. The number of rotatable bonds is 3. The van der Waals surface area contributed by atoms with E-state index in [-0.39, 0.29) is 0 Å². The van der Waals surface area contributed by atoms with Gasteiger partial charge >= 0.3 is 0 Å². The van der Waals surface area contributed by atoms with Crippen molar-refractivity contribution in [3.8, 4) is 0 Å². The Kier molecular flexibility index (Phi) is 2.78. The summed E-state index contributed by atoms with van der Waals surface area (Å²) in [6, 6.07) is 9.49. The van der Waals surface area contributed by atoms with Crippen LogP contribution in [0, 0.1) is 10.8 Å². The summed E-state index contributed by atoms with van der Waals surface area (Å²) in [5.41, 5.74) is 3.99. The minimum atomic E-state index is 0.351. The molecule has 0 bridgehead atoms. The second-order valence-electron chi connectivity index (χ2n) is 7.34. The van der Waals surface area contributed by atoms with Crippen LogP contribution in [-0.2, 0) is 6.42 Å². The van der Waals surface area contributed by atoms with Crippen molar-refractivity contribution < 1.29 is 0 Å². The fraction of sp³-hybridized carbons (Fsp3) is 0.647.